The number of aromatic nitrogens is 2. The van der Waals surface area contributed by atoms with E-state index in [-0.39, 0.29) is 17.2 Å². The Balaban J connectivity index is 1.93. The van der Waals surface area contributed by atoms with Crippen LogP contribution in [0.15, 0.2) is 29.1 Å². The number of carbonyl (C=O) groups is 2. The maximum atomic E-state index is 12.5. The molecule has 2 aromatic rings. The maximum Gasteiger partial charge on any atom is 0.325 e. The number of carboxylic acids is 1. The lowest BCUT2D eigenvalue weighted by Gasteiger charge is -2.11. The lowest BCUT2D eigenvalue weighted by atomic mass is 10.2. The smallest absolute Gasteiger partial charge is 0.325 e. The van der Waals surface area contributed by atoms with Crippen LogP contribution in [-0.2, 0) is 16.1 Å². The predicted molar refractivity (Wildman–Crippen MR) is 93.3 cm³/mol. The number of carboxylic acid groups (broad SMARTS) is 1. The Hall–Kier alpha value is -2.35. The van der Waals surface area contributed by atoms with Crippen LogP contribution in [0.3, 0.4) is 0 Å². The number of hydrogen-bond acceptors (Lipinski definition) is 5. The number of nitrogens with zero attached hydrogens (tertiary/aromatic N) is 2. The average molecular weight is 349 g/mol. The molecule has 0 saturated heterocycles. The monoisotopic (exact) mass is 349 g/mol. The van der Waals surface area contributed by atoms with Crippen molar-refractivity contribution in [2.75, 3.05) is 11.5 Å². The molecule has 1 unspecified atom stereocenters. The zero-order valence-corrected chi connectivity index (χ0v) is 14.3. The van der Waals surface area contributed by atoms with Crippen LogP contribution >= 0.6 is 11.8 Å². The third-order valence-electron chi connectivity index (χ3n) is 3.49. The molecule has 0 radical (unpaired) electrons. The number of hydrogen-bond donors (Lipinski definition) is 2. The summed E-state index contributed by atoms with van der Waals surface area (Å²) in [5.74, 6) is -0.0844. The van der Waals surface area contributed by atoms with Crippen LogP contribution in [0.1, 0.15) is 12.7 Å². The van der Waals surface area contributed by atoms with Crippen LogP contribution in [0.5, 0.6) is 0 Å². The van der Waals surface area contributed by atoms with E-state index in [9.17, 15) is 14.4 Å². The third-order valence-corrected chi connectivity index (χ3v) is 4.43. The molecule has 8 heteroatoms. The van der Waals surface area contributed by atoms with Gasteiger partial charge in [-0.05, 0) is 26.0 Å². The first-order valence-corrected chi connectivity index (χ1v) is 8.61. The third kappa shape index (κ3) is 4.35. The summed E-state index contributed by atoms with van der Waals surface area (Å²) in [5, 5.41) is 11.7. The normalized spacial score (nSPS) is 12.1. The van der Waals surface area contributed by atoms with E-state index >= 15 is 0 Å². The summed E-state index contributed by atoms with van der Waals surface area (Å²) in [7, 11) is 0. The minimum absolute atomic E-state index is 0.0948. The number of nitrogens with one attached hydrogen (secondary N) is 1. The molecule has 24 heavy (non-hydrogen) atoms. The zero-order chi connectivity index (χ0) is 17.7. The minimum Gasteiger partial charge on any atom is -0.480 e. The van der Waals surface area contributed by atoms with Gasteiger partial charge in [0.15, 0.2) is 0 Å². The lowest BCUT2D eigenvalue weighted by Crippen LogP contribution is -2.39. The molecule has 128 valence electrons. The first-order valence-electron chi connectivity index (χ1n) is 7.46. The van der Waals surface area contributed by atoms with Gasteiger partial charge in [0.2, 0.25) is 5.91 Å². The second-order valence-corrected chi connectivity index (χ2v) is 6.42. The van der Waals surface area contributed by atoms with Crippen molar-refractivity contribution in [3.8, 4) is 0 Å². The molecule has 1 aromatic carbocycles. The number of aryl methyl sites for hydroxylation is 1. The Morgan fingerprint density at radius 3 is 2.79 bits per heavy atom. The number of carbonyl (C=O) groups excluding carboxylic acids is 1. The fourth-order valence-corrected chi connectivity index (χ4v) is 2.93. The van der Waals surface area contributed by atoms with Crippen LogP contribution in [0.4, 0.5) is 0 Å². The van der Waals surface area contributed by atoms with E-state index in [0.717, 1.165) is 0 Å². The first kappa shape index (κ1) is 18.0. The molecule has 2 N–H and O–H groups in total. The standard InChI is InChI=1S/C16H19N3O4S/c1-10(16(22)23)17-14(20)9-24-8-7-19-11(2)18-13-6-4-3-5-12(13)15(19)21/h3-6,10H,7-9H2,1-2H3,(H,17,20)(H,22,23). The summed E-state index contributed by atoms with van der Waals surface area (Å²) >= 11 is 1.34. The second kappa shape index (κ2) is 7.96. The van der Waals surface area contributed by atoms with Crippen LogP contribution in [0, 0.1) is 6.92 Å². The van der Waals surface area contributed by atoms with E-state index < -0.39 is 12.0 Å². The number of para-hydroxylation sites is 1. The van der Waals surface area contributed by atoms with Crippen LogP contribution in [0.2, 0.25) is 0 Å². The highest BCUT2D eigenvalue weighted by Crippen LogP contribution is 2.08. The quantitative estimate of drug-likeness (QED) is 0.724. The molecule has 1 amide bonds. The average Bonchev–Trinajstić information content (AvgIpc) is 2.53. The summed E-state index contributed by atoms with van der Waals surface area (Å²) in [5.41, 5.74) is 0.577. The van der Waals surface area contributed by atoms with Crippen molar-refractivity contribution in [3.05, 3.63) is 40.4 Å². The highest BCUT2D eigenvalue weighted by Gasteiger charge is 2.13. The molecule has 0 aliphatic rings. The van der Waals surface area contributed by atoms with Crippen molar-refractivity contribution in [3.63, 3.8) is 0 Å². The number of amides is 1. The SMILES string of the molecule is Cc1nc2ccccc2c(=O)n1CCSCC(=O)NC(C)C(=O)O. The highest BCUT2D eigenvalue weighted by molar-refractivity contribution is 7.99. The molecular formula is C16H19N3O4S. The van der Waals surface area contributed by atoms with Crippen molar-refractivity contribution in [1.29, 1.82) is 0 Å². The minimum atomic E-state index is -1.07. The Morgan fingerprint density at radius 2 is 2.08 bits per heavy atom. The fraction of sp³-hybridized carbons (Fsp3) is 0.375. The van der Waals surface area contributed by atoms with Crippen molar-refractivity contribution >= 4 is 34.5 Å². The van der Waals surface area contributed by atoms with Gasteiger partial charge >= 0.3 is 5.97 Å². The Morgan fingerprint density at radius 1 is 1.38 bits per heavy atom. The molecule has 1 heterocycles. The van der Waals surface area contributed by atoms with Gasteiger partial charge in [0.25, 0.3) is 5.56 Å². The number of fused-ring (bicyclic) bond motifs is 1. The molecule has 7 nitrogen and oxygen atoms in total. The Kier molecular flexibility index (Phi) is 5.97. The van der Waals surface area contributed by atoms with Gasteiger partial charge in [0, 0.05) is 12.3 Å². The molecule has 1 atom stereocenters. The van der Waals surface area contributed by atoms with Crippen LogP contribution in [-0.4, -0.2) is 44.1 Å². The number of rotatable bonds is 7. The van der Waals surface area contributed by atoms with E-state index in [1.807, 2.05) is 6.07 Å². The van der Waals surface area contributed by atoms with Crippen molar-refractivity contribution in [2.24, 2.45) is 0 Å². The van der Waals surface area contributed by atoms with Crippen molar-refractivity contribution in [2.45, 2.75) is 26.4 Å². The molecule has 0 bridgehead atoms. The van der Waals surface area contributed by atoms with Crippen LogP contribution < -0.4 is 10.9 Å². The van der Waals surface area contributed by atoms with Gasteiger partial charge in [-0.1, -0.05) is 12.1 Å². The van der Waals surface area contributed by atoms with Gasteiger partial charge in [0.05, 0.1) is 16.7 Å². The summed E-state index contributed by atoms with van der Waals surface area (Å²) < 4.78 is 1.59. The molecule has 0 spiro atoms. The van der Waals surface area contributed by atoms with E-state index in [0.29, 0.717) is 29.0 Å². The van der Waals surface area contributed by atoms with Crippen molar-refractivity contribution < 1.29 is 14.7 Å². The summed E-state index contributed by atoms with van der Waals surface area (Å²) in [6.45, 7) is 3.63. The first-order chi connectivity index (χ1) is 11.4. The van der Waals surface area contributed by atoms with Gasteiger partial charge in [-0.15, -0.1) is 0 Å². The number of thioether (sulfide) groups is 1. The lowest BCUT2D eigenvalue weighted by molar-refractivity contribution is -0.140. The molecule has 1 aromatic heterocycles. The zero-order valence-electron chi connectivity index (χ0n) is 13.5. The largest absolute Gasteiger partial charge is 0.480 e. The van der Waals surface area contributed by atoms with E-state index in [1.165, 1.54) is 18.7 Å². The molecule has 2 rings (SSSR count). The van der Waals surface area contributed by atoms with Gasteiger partial charge in [0.1, 0.15) is 11.9 Å². The fourth-order valence-electron chi connectivity index (χ4n) is 2.21. The maximum absolute atomic E-state index is 12.5. The predicted octanol–water partition coefficient (Wildman–Crippen LogP) is 1.03. The van der Waals surface area contributed by atoms with Gasteiger partial charge in [-0.3, -0.25) is 19.0 Å². The number of aliphatic carboxylic acids is 1. The molecular weight excluding hydrogens is 330 g/mol. The summed E-state index contributed by atoms with van der Waals surface area (Å²) in [4.78, 5) is 39.2. The van der Waals surface area contributed by atoms with E-state index in [2.05, 4.69) is 10.3 Å². The van der Waals surface area contributed by atoms with Gasteiger partial charge < -0.3 is 10.4 Å². The number of benzene rings is 1. The van der Waals surface area contributed by atoms with Crippen LogP contribution in [0.25, 0.3) is 10.9 Å². The summed E-state index contributed by atoms with van der Waals surface area (Å²) in [6.07, 6.45) is 0. The van der Waals surface area contributed by atoms with Gasteiger partial charge in [-0.2, -0.15) is 11.8 Å². The highest BCUT2D eigenvalue weighted by atomic mass is 32.2. The summed E-state index contributed by atoms with van der Waals surface area (Å²) in [6, 6.07) is 6.28. The van der Waals surface area contributed by atoms with Gasteiger partial charge in [-0.25, -0.2) is 4.98 Å². The second-order valence-electron chi connectivity index (χ2n) is 5.31. The molecule has 0 fully saturated rings. The Labute approximate surface area is 143 Å². The molecule has 0 aliphatic heterocycles. The van der Waals surface area contributed by atoms with E-state index in [1.54, 1.807) is 29.7 Å². The van der Waals surface area contributed by atoms with Crippen molar-refractivity contribution in [1.82, 2.24) is 14.9 Å². The topological polar surface area (TPSA) is 101 Å². The molecule has 0 aliphatic carbocycles. The molecule has 0 saturated carbocycles. The Bertz CT molecular complexity index is 819. The van der Waals surface area contributed by atoms with E-state index in [4.69, 9.17) is 5.11 Å².